The molecule has 2 heteroatoms. The molecule has 0 N–H and O–H groups in total. The van der Waals surface area contributed by atoms with Crippen LogP contribution in [0.25, 0.3) is 0 Å². The zero-order chi connectivity index (χ0) is 5.33. The number of likely N-dealkylation sites (tertiary alicyclic amines) is 1. The van der Waals surface area contributed by atoms with Gasteiger partial charge in [-0.25, -0.2) is 0 Å². The molecule has 0 aromatic rings. The van der Waals surface area contributed by atoms with E-state index in [4.69, 9.17) is 0 Å². The zero-order valence-corrected chi connectivity index (χ0v) is 7.63. The molecule has 0 unspecified atom stereocenters. The van der Waals surface area contributed by atoms with Gasteiger partial charge in [0, 0.05) is 0 Å². The predicted molar refractivity (Wildman–Crippen MR) is 30.9 cm³/mol. The van der Waals surface area contributed by atoms with Crippen LogP contribution in [0.1, 0.15) is 12.8 Å². The van der Waals surface area contributed by atoms with Gasteiger partial charge in [0.15, 0.2) is 0 Å². The fourth-order valence-corrected chi connectivity index (χ4v) is 1.94. The summed E-state index contributed by atoms with van der Waals surface area (Å²) in [4.78, 5) is 0. The van der Waals surface area contributed by atoms with Crippen LogP contribution in [0.2, 0.25) is 0 Å². The Labute approximate surface area is 58.7 Å². The molecule has 3 radical (unpaired) electrons. The van der Waals surface area contributed by atoms with Gasteiger partial charge in [0.05, 0.1) is 0 Å². The summed E-state index contributed by atoms with van der Waals surface area (Å²) in [6.45, 7) is 2.86. The van der Waals surface area contributed by atoms with Crippen LogP contribution >= 0.6 is 0 Å². The Bertz CT molecular complexity index is 62.5. The standard InChI is InChI=1S/C5H11N.Sn/c1-6-4-2-3-5-6;/h2-5H2,1H3;/q;+1. The van der Waals surface area contributed by atoms with Gasteiger partial charge in [0.2, 0.25) is 0 Å². The minimum absolute atomic E-state index is 1.34. The number of quaternary nitrogens is 1. The summed E-state index contributed by atoms with van der Waals surface area (Å²) in [5.74, 6) is 0. The van der Waals surface area contributed by atoms with E-state index in [1.54, 1.807) is 22.8 Å². The molecule has 0 amide bonds. The molecule has 1 aliphatic rings. The van der Waals surface area contributed by atoms with Gasteiger partial charge in [-0.15, -0.1) is 0 Å². The normalized spacial score (nSPS) is 28.3. The van der Waals surface area contributed by atoms with E-state index in [1.807, 2.05) is 0 Å². The number of rotatable bonds is 0. The molecule has 39 valence electrons. The van der Waals surface area contributed by atoms with Crippen molar-refractivity contribution in [2.45, 2.75) is 12.8 Å². The molecule has 0 aromatic carbocycles. The number of hydrogen-bond acceptors (Lipinski definition) is 0. The molecule has 0 bridgehead atoms. The fraction of sp³-hybridized carbons (Fsp3) is 1.00. The second-order valence-corrected chi connectivity index (χ2v) is 5.63. The van der Waals surface area contributed by atoms with Crippen molar-refractivity contribution in [3.8, 4) is 0 Å². The summed E-state index contributed by atoms with van der Waals surface area (Å²) in [6, 6.07) is 0. The average molecular weight is 204 g/mol. The van der Waals surface area contributed by atoms with Crippen molar-refractivity contribution in [1.29, 1.82) is 0 Å². The maximum absolute atomic E-state index is 2.34. The third-order valence-electron chi connectivity index (χ3n) is 1.55. The van der Waals surface area contributed by atoms with Gasteiger partial charge in [0.1, 0.15) is 0 Å². The predicted octanol–water partition coefficient (Wildman–Crippen LogP) is 0.310. The van der Waals surface area contributed by atoms with Crippen molar-refractivity contribution in [2.24, 2.45) is 0 Å². The van der Waals surface area contributed by atoms with Crippen LogP contribution < -0.4 is 0 Å². The van der Waals surface area contributed by atoms with E-state index in [0.717, 1.165) is 0 Å². The topological polar surface area (TPSA) is 0 Å². The third kappa shape index (κ3) is 1.61. The summed E-state index contributed by atoms with van der Waals surface area (Å²) in [5, 5.41) is 0. The molecule has 1 fully saturated rings. The van der Waals surface area contributed by atoms with Crippen molar-refractivity contribution < 1.29 is 2.70 Å². The van der Waals surface area contributed by atoms with Crippen LogP contribution in [-0.2, 0) is 0 Å². The molecule has 7 heavy (non-hydrogen) atoms. The van der Waals surface area contributed by atoms with Crippen LogP contribution in [0, 0.1) is 0 Å². The second-order valence-electron chi connectivity index (χ2n) is 2.55. The second kappa shape index (κ2) is 1.94. The summed E-state index contributed by atoms with van der Waals surface area (Å²) in [7, 11) is 2.34. The molecular weight excluding hydrogens is 193 g/mol. The molecule has 1 aliphatic heterocycles. The summed E-state index contributed by atoms with van der Waals surface area (Å²) < 4.78 is 1.34. The van der Waals surface area contributed by atoms with Gasteiger partial charge >= 0.3 is 58.5 Å². The van der Waals surface area contributed by atoms with Crippen molar-refractivity contribution in [3.05, 3.63) is 0 Å². The first kappa shape index (κ1) is 5.89. The Morgan fingerprint density at radius 2 is 1.71 bits per heavy atom. The Morgan fingerprint density at radius 1 is 1.29 bits per heavy atom. The van der Waals surface area contributed by atoms with Crippen LogP contribution in [-0.4, -0.2) is 45.6 Å². The van der Waals surface area contributed by atoms with Crippen LogP contribution in [0.15, 0.2) is 0 Å². The Kier molecular flexibility index (Phi) is 1.63. The Hall–Kier alpha value is 0.759. The molecule has 1 rings (SSSR count). The first-order valence-corrected chi connectivity index (χ1v) is 4.08. The molecule has 0 aromatic heterocycles. The molecule has 0 atom stereocenters. The van der Waals surface area contributed by atoms with Gasteiger partial charge in [-0.1, -0.05) is 0 Å². The van der Waals surface area contributed by atoms with E-state index in [0.29, 0.717) is 0 Å². The van der Waals surface area contributed by atoms with Crippen molar-refractivity contribution in [2.75, 3.05) is 20.1 Å². The summed E-state index contributed by atoms with van der Waals surface area (Å²) in [5.41, 5.74) is 0. The molecule has 1 heterocycles. The first-order chi connectivity index (χ1) is 3.21. The molecule has 1 nitrogen and oxygen atoms in total. The van der Waals surface area contributed by atoms with Crippen LogP contribution in [0.3, 0.4) is 0 Å². The van der Waals surface area contributed by atoms with E-state index in [1.165, 1.54) is 28.6 Å². The molecule has 0 spiro atoms. The number of hydrogen-bond donors (Lipinski definition) is 0. The van der Waals surface area contributed by atoms with E-state index in [-0.39, 0.29) is 0 Å². The Balaban J connectivity index is 2.40. The van der Waals surface area contributed by atoms with Gasteiger partial charge in [-0.05, 0) is 0 Å². The Morgan fingerprint density at radius 3 is 1.86 bits per heavy atom. The minimum atomic E-state index is 1.34. The molecule has 1 saturated heterocycles. The number of nitrogens with zero attached hydrogens (tertiary/aromatic N) is 1. The van der Waals surface area contributed by atoms with Crippen molar-refractivity contribution >= 4 is 22.8 Å². The monoisotopic (exact) mass is 205 g/mol. The van der Waals surface area contributed by atoms with Gasteiger partial charge < -0.3 is 0 Å². The summed E-state index contributed by atoms with van der Waals surface area (Å²) in [6.07, 6.45) is 2.92. The fourth-order valence-electron chi connectivity index (χ4n) is 1.03. The summed E-state index contributed by atoms with van der Waals surface area (Å²) >= 11 is 1.68. The molecule has 0 aliphatic carbocycles. The molecular formula is C5H11NSn+. The zero-order valence-electron chi connectivity index (χ0n) is 4.78. The van der Waals surface area contributed by atoms with E-state index in [2.05, 4.69) is 7.05 Å². The van der Waals surface area contributed by atoms with Crippen molar-refractivity contribution in [3.63, 3.8) is 0 Å². The third-order valence-corrected chi connectivity index (χ3v) is 2.83. The maximum atomic E-state index is 2.34. The van der Waals surface area contributed by atoms with Gasteiger partial charge in [-0.2, -0.15) is 0 Å². The van der Waals surface area contributed by atoms with Gasteiger partial charge in [-0.3, -0.25) is 0 Å². The van der Waals surface area contributed by atoms with Crippen LogP contribution in [0.5, 0.6) is 0 Å². The van der Waals surface area contributed by atoms with E-state index < -0.39 is 0 Å². The molecule has 0 saturated carbocycles. The van der Waals surface area contributed by atoms with Gasteiger partial charge in [0.25, 0.3) is 0 Å². The van der Waals surface area contributed by atoms with E-state index >= 15 is 0 Å². The first-order valence-electron chi connectivity index (χ1n) is 2.80. The average Bonchev–Trinajstić information content (AvgIpc) is 1.84. The quantitative estimate of drug-likeness (QED) is 0.498. The van der Waals surface area contributed by atoms with E-state index in [9.17, 15) is 0 Å². The van der Waals surface area contributed by atoms with Crippen molar-refractivity contribution in [1.82, 2.24) is 0 Å². The van der Waals surface area contributed by atoms with Crippen LogP contribution in [0.4, 0.5) is 0 Å². The SMILES string of the molecule is C[N+]1([Sn])CCCC1.